The first-order chi connectivity index (χ1) is 4.22. The van der Waals surface area contributed by atoms with Gasteiger partial charge in [0.2, 0.25) is 0 Å². The van der Waals surface area contributed by atoms with E-state index in [9.17, 15) is 4.79 Å². The van der Waals surface area contributed by atoms with Crippen molar-refractivity contribution in [2.45, 2.75) is 25.1 Å². The van der Waals surface area contributed by atoms with Crippen LogP contribution in [0.2, 0.25) is 0 Å². The third-order valence-corrected chi connectivity index (χ3v) is 2.30. The van der Waals surface area contributed by atoms with Crippen LogP contribution in [0.1, 0.15) is 13.8 Å². The third-order valence-electron chi connectivity index (χ3n) is 1.13. The average Bonchev–Trinajstić information content (AvgIpc) is 1.87. The SMILES string of the molecule is CCSC(C)[C@H](N)C=O. The van der Waals surface area contributed by atoms with Gasteiger partial charge < -0.3 is 10.5 Å². The Morgan fingerprint density at radius 2 is 2.33 bits per heavy atom. The predicted octanol–water partition coefficient (Wildman–Crippen LogP) is 0.654. The number of rotatable bonds is 4. The molecule has 0 radical (unpaired) electrons. The van der Waals surface area contributed by atoms with Crippen molar-refractivity contribution in [3.63, 3.8) is 0 Å². The van der Waals surface area contributed by atoms with Crippen LogP contribution in [0.25, 0.3) is 0 Å². The van der Waals surface area contributed by atoms with Gasteiger partial charge in [-0.05, 0) is 5.75 Å². The van der Waals surface area contributed by atoms with Crippen LogP contribution in [-0.2, 0) is 4.79 Å². The molecule has 0 aromatic rings. The first-order valence-electron chi connectivity index (χ1n) is 3.04. The van der Waals surface area contributed by atoms with E-state index in [1.165, 1.54) is 0 Å². The van der Waals surface area contributed by atoms with Gasteiger partial charge in [-0.2, -0.15) is 11.8 Å². The molecule has 0 saturated carbocycles. The zero-order valence-electron chi connectivity index (χ0n) is 5.83. The molecular weight excluding hydrogens is 134 g/mol. The normalized spacial score (nSPS) is 16.8. The largest absolute Gasteiger partial charge is 0.321 e. The van der Waals surface area contributed by atoms with Gasteiger partial charge in [0.25, 0.3) is 0 Å². The molecule has 2 N–H and O–H groups in total. The van der Waals surface area contributed by atoms with Gasteiger partial charge in [-0.25, -0.2) is 0 Å². The summed E-state index contributed by atoms with van der Waals surface area (Å²) in [7, 11) is 0. The first kappa shape index (κ1) is 8.98. The van der Waals surface area contributed by atoms with Crippen molar-refractivity contribution in [1.29, 1.82) is 0 Å². The molecule has 0 aliphatic carbocycles. The van der Waals surface area contributed by atoms with E-state index in [0.29, 0.717) is 0 Å². The average molecular weight is 147 g/mol. The maximum Gasteiger partial charge on any atom is 0.137 e. The van der Waals surface area contributed by atoms with Gasteiger partial charge in [0, 0.05) is 5.25 Å². The Kier molecular flexibility index (Phi) is 4.81. The lowest BCUT2D eigenvalue weighted by molar-refractivity contribution is -0.108. The van der Waals surface area contributed by atoms with Gasteiger partial charge in [-0.3, -0.25) is 0 Å². The van der Waals surface area contributed by atoms with Crippen molar-refractivity contribution in [3.8, 4) is 0 Å². The molecule has 3 heteroatoms. The summed E-state index contributed by atoms with van der Waals surface area (Å²) < 4.78 is 0. The van der Waals surface area contributed by atoms with Crippen molar-refractivity contribution in [2.24, 2.45) is 5.73 Å². The first-order valence-corrected chi connectivity index (χ1v) is 4.09. The minimum atomic E-state index is -0.296. The van der Waals surface area contributed by atoms with Crippen molar-refractivity contribution >= 4 is 18.0 Å². The molecule has 1 unspecified atom stereocenters. The van der Waals surface area contributed by atoms with Crippen molar-refractivity contribution in [1.82, 2.24) is 0 Å². The molecule has 0 aromatic heterocycles. The van der Waals surface area contributed by atoms with Crippen LogP contribution in [-0.4, -0.2) is 23.3 Å². The molecule has 0 saturated heterocycles. The summed E-state index contributed by atoms with van der Waals surface area (Å²) >= 11 is 1.71. The minimum absolute atomic E-state index is 0.257. The summed E-state index contributed by atoms with van der Waals surface area (Å²) in [6.45, 7) is 4.02. The van der Waals surface area contributed by atoms with E-state index >= 15 is 0 Å². The maximum absolute atomic E-state index is 10.1. The van der Waals surface area contributed by atoms with E-state index in [-0.39, 0.29) is 11.3 Å². The van der Waals surface area contributed by atoms with Crippen LogP contribution < -0.4 is 5.73 Å². The van der Waals surface area contributed by atoms with Crippen LogP contribution in [0.3, 0.4) is 0 Å². The van der Waals surface area contributed by atoms with Gasteiger partial charge in [0.05, 0.1) is 6.04 Å². The Morgan fingerprint density at radius 3 is 2.67 bits per heavy atom. The number of nitrogens with two attached hydrogens (primary N) is 1. The fourth-order valence-corrected chi connectivity index (χ4v) is 1.30. The highest BCUT2D eigenvalue weighted by Crippen LogP contribution is 2.10. The van der Waals surface area contributed by atoms with E-state index in [1.54, 1.807) is 11.8 Å². The standard InChI is InChI=1S/C6H13NOS/c1-3-9-5(2)6(7)4-8/h4-6H,3,7H2,1-2H3/t5?,6-/m1/s1. The second kappa shape index (κ2) is 4.82. The molecule has 0 aliphatic rings. The Morgan fingerprint density at radius 1 is 1.78 bits per heavy atom. The fraction of sp³-hybridized carbons (Fsp3) is 0.833. The lowest BCUT2D eigenvalue weighted by Gasteiger charge is -2.11. The predicted molar refractivity (Wildman–Crippen MR) is 41.6 cm³/mol. The van der Waals surface area contributed by atoms with Gasteiger partial charge in [-0.15, -0.1) is 0 Å². The number of carbonyl (C=O) groups is 1. The number of thioether (sulfide) groups is 1. The van der Waals surface area contributed by atoms with E-state index < -0.39 is 0 Å². The van der Waals surface area contributed by atoms with Gasteiger partial charge in [0.15, 0.2) is 0 Å². The molecule has 0 fully saturated rings. The number of hydrogen-bond acceptors (Lipinski definition) is 3. The number of aldehydes is 1. The van der Waals surface area contributed by atoms with E-state index in [4.69, 9.17) is 5.73 Å². The smallest absolute Gasteiger partial charge is 0.137 e. The van der Waals surface area contributed by atoms with E-state index in [1.807, 2.05) is 6.92 Å². The molecule has 0 rings (SSSR count). The highest BCUT2D eigenvalue weighted by molar-refractivity contribution is 7.99. The maximum atomic E-state index is 10.1. The molecular formula is C6H13NOS. The molecule has 0 amide bonds. The van der Waals surface area contributed by atoms with Gasteiger partial charge in [0.1, 0.15) is 6.29 Å². The molecule has 0 heterocycles. The van der Waals surface area contributed by atoms with Crippen LogP contribution in [0.15, 0.2) is 0 Å². The molecule has 9 heavy (non-hydrogen) atoms. The minimum Gasteiger partial charge on any atom is -0.321 e. The molecule has 0 spiro atoms. The summed E-state index contributed by atoms with van der Waals surface area (Å²) in [6.07, 6.45) is 0.799. The number of carbonyl (C=O) groups excluding carboxylic acids is 1. The van der Waals surface area contributed by atoms with Crippen LogP contribution in [0.5, 0.6) is 0 Å². The molecule has 2 nitrogen and oxygen atoms in total. The summed E-state index contributed by atoms with van der Waals surface area (Å²) in [4.78, 5) is 10.1. The molecule has 2 atom stereocenters. The lowest BCUT2D eigenvalue weighted by atomic mass is 10.3. The van der Waals surface area contributed by atoms with Gasteiger partial charge in [-0.1, -0.05) is 13.8 Å². The summed E-state index contributed by atoms with van der Waals surface area (Å²) in [5.41, 5.74) is 5.41. The summed E-state index contributed by atoms with van der Waals surface area (Å²) in [5.74, 6) is 1.02. The molecule has 54 valence electrons. The topological polar surface area (TPSA) is 43.1 Å². The summed E-state index contributed by atoms with van der Waals surface area (Å²) in [6, 6.07) is -0.296. The lowest BCUT2D eigenvalue weighted by Crippen LogP contribution is -2.31. The van der Waals surface area contributed by atoms with Crippen molar-refractivity contribution in [2.75, 3.05) is 5.75 Å². The zero-order chi connectivity index (χ0) is 7.28. The Hall–Kier alpha value is -0.0200. The van der Waals surface area contributed by atoms with Gasteiger partial charge >= 0.3 is 0 Å². The highest BCUT2D eigenvalue weighted by atomic mass is 32.2. The molecule has 0 aromatic carbocycles. The quantitative estimate of drug-likeness (QED) is 0.594. The molecule has 0 bridgehead atoms. The van der Waals surface area contributed by atoms with Crippen LogP contribution >= 0.6 is 11.8 Å². The Balaban J connectivity index is 3.44. The molecule has 0 aliphatic heterocycles. The second-order valence-electron chi connectivity index (χ2n) is 1.87. The van der Waals surface area contributed by atoms with E-state index in [2.05, 4.69) is 6.92 Å². The van der Waals surface area contributed by atoms with Crippen LogP contribution in [0, 0.1) is 0 Å². The monoisotopic (exact) mass is 147 g/mol. The summed E-state index contributed by atoms with van der Waals surface area (Å²) in [5, 5.41) is 0.257. The highest BCUT2D eigenvalue weighted by Gasteiger charge is 2.09. The Labute approximate surface area is 60.2 Å². The van der Waals surface area contributed by atoms with Crippen molar-refractivity contribution < 1.29 is 4.79 Å². The van der Waals surface area contributed by atoms with Crippen molar-refractivity contribution in [3.05, 3.63) is 0 Å². The fourth-order valence-electron chi connectivity index (χ4n) is 0.485. The second-order valence-corrected chi connectivity index (χ2v) is 3.53. The zero-order valence-corrected chi connectivity index (χ0v) is 6.65. The Bertz CT molecular complexity index is 87.1. The third kappa shape index (κ3) is 3.54. The van der Waals surface area contributed by atoms with Crippen LogP contribution in [0.4, 0.5) is 0 Å². The number of hydrogen-bond donors (Lipinski definition) is 1. The van der Waals surface area contributed by atoms with E-state index in [0.717, 1.165) is 12.0 Å².